The first-order chi connectivity index (χ1) is 14.5. The number of hydrogen-bond donors (Lipinski definition) is 2. The molecule has 1 saturated heterocycles. The second-order valence-electron chi connectivity index (χ2n) is 7.66. The van der Waals surface area contributed by atoms with Crippen LogP contribution in [-0.2, 0) is 6.54 Å². The molecule has 7 heteroatoms. The first kappa shape index (κ1) is 19.8. The van der Waals surface area contributed by atoms with Gasteiger partial charge in [-0.3, -0.25) is 4.79 Å². The number of likely N-dealkylation sites (tertiary alicyclic amines) is 1. The zero-order valence-corrected chi connectivity index (χ0v) is 17.2. The molecule has 1 aromatic heterocycles. The number of ether oxygens (including phenoxy) is 1. The van der Waals surface area contributed by atoms with Gasteiger partial charge in [0.15, 0.2) is 0 Å². The van der Waals surface area contributed by atoms with E-state index >= 15 is 0 Å². The number of fused-ring (bicyclic) bond motifs is 1. The van der Waals surface area contributed by atoms with Crippen LogP contribution in [-0.4, -0.2) is 47.6 Å². The van der Waals surface area contributed by atoms with Crippen LogP contribution in [0.3, 0.4) is 0 Å². The number of nitrogens with zero attached hydrogens (tertiary/aromatic N) is 2. The van der Waals surface area contributed by atoms with Gasteiger partial charge in [-0.1, -0.05) is 30.3 Å². The van der Waals surface area contributed by atoms with Crippen molar-refractivity contribution >= 4 is 22.8 Å². The molecule has 1 fully saturated rings. The zero-order chi connectivity index (χ0) is 21.3. The number of rotatable bonds is 5. The number of nitrogens with two attached hydrogens (primary N) is 1. The van der Waals surface area contributed by atoms with Crippen molar-refractivity contribution in [2.75, 3.05) is 20.2 Å². The van der Waals surface area contributed by atoms with Crippen LogP contribution in [0.15, 0.2) is 48.5 Å². The minimum Gasteiger partial charge on any atom is -0.497 e. The second kappa shape index (κ2) is 8.10. The van der Waals surface area contributed by atoms with E-state index in [1.165, 1.54) is 5.56 Å². The lowest BCUT2D eigenvalue weighted by molar-refractivity contribution is 0.0790. The Kier molecular flexibility index (Phi) is 5.35. The number of nitrogens with one attached hydrogen (secondary N) is 1. The zero-order valence-electron chi connectivity index (χ0n) is 17.2. The van der Waals surface area contributed by atoms with E-state index in [4.69, 9.17) is 10.5 Å². The number of aromatic nitrogens is 1. The van der Waals surface area contributed by atoms with Gasteiger partial charge in [0.2, 0.25) is 0 Å². The average molecular weight is 406 g/mol. The second-order valence-corrected chi connectivity index (χ2v) is 7.66. The molecule has 2 aromatic carbocycles. The third-order valence-electron chi connectivity index (χ3n) is 5.75. The number of benzene rings is 2. The van der Waals surface area contributed by atoms with Gasteiger partial charge in [-0.05, 0) is 37.1 Å². The summed E-state index contributed by atoms with van der Waals surface area (Å²) in [5, 5.41) is 3.58. The van der Waals surface area contributed by atoms with Crippen LogP contribution in [0.1, 0.15) is 28.0 Å². The molecule has 30 heavy (non-hydrogen) atoms. The molecule has 0 aliphatic carbocycles. The molecule has 1 atom stereocenters. The monoisotopic (exact) mass is 406 g/mol. The molecular weight excluding hydrogens is 380 g/mol. The van der Waals surface area contributed by atoms with Crippen molar-refractivity contribution in [2.45, 2.75) is 25.9 Å². The minimum absolute atomic E-state index is 0.0358. The fourth-order valence-electron chi connectivity index (χ4n) is 4.25. The number of carbonyl (C=O) groups is 2. The molecule has 156 valence electrons. The number of methoxy groups -OCH3 is 1. The highest BCUT2D eigenvalue weighted by Crippen LogP contribution is 2.32. The summed E-state index contributed by atoms with van der Waals surface area (Å²) in [5.41, 5.74) is 8.99. The lowest BCUT2D eigenvalue weighted by atomic mass is 10.1. The van der Waals surface area contributed by atoms with E-state index in [1.807, 2.05) is 43.3 Å². The summed E-state index contributed by atoms with van der Waals surface area (Å²) >= 11 is 0. The van der Waals surface area contributed by atoms with Crippen LogP contribution in [0.5, 0.6) is 5.75 Å². The summed E-state index contributed by atoms with van der Waals surface area (Å²) in [6.45, 7) is 3.70. The van der Waals surface area contributed by atoms with E-state index in [9.17, 15) is 9.59 Å². The molecule has 3 aromatic rings. The maximum atomic E-state index is 13.5. The fraction of sp³-hybridized carbons (Fsp3) is 0.304. The van der Waals surface area contributed by atoms with Crippen LogP contribution in [0.2, 0.25) is 0 Å². The van der Waals surface area contributed by atoms with Crippen LogP contribution in [0.25, 0.3) is 10.9 Å². The molecule has 3 amide bonds. The Morgan fingerprint density at radius 2 is 1.97 bits per heavy atom. The lowest BCUT2D eigenvalue weighted by Gasteiger charge is -2.17. The smallest absolute Gasteiger partial charge is 0.312 e. The number of hydrogen-bond acceptors (Lipinski definition) is 3. The Balaban J connectivity index is 1.74. The Labute approximate surface area is 175 Å². The van der Waals surface area contributed by atoms with Crippen molar-refractivity contribution in [1.29, 1.82) is 0 Å². The molecule has 3 N–H and O–H groups in total. The molecule has 1 unspecified atom stereocenters. The van der Waals surface area contributed by atoms with Gasteiger partial charge in [-0.25, -0.2) is 4.79 Å². The number of carbonyl (C=O) groups excluding carboxylic acids is 2. The standard InChI is InChI=1S/C23H26N4O3/c1-15-21(22(28)26-11-10-17(14-26)25-23(24)29)19-12-18(30-2)8-9-20(19)27(15)13-16-6-4-3-5-7-16/h3-9,12,17H,10-11,13-14H2,1-2H3,(H3,24,25,29). The Morgan fingerprint density at radius 3 is 2.67 bits per heavy atom. The van der Waals surface area contributed by atoms with Crippen LogP contribution in [0.4, 0.5) is 4.79 Å². The number of amides is 3. The van der Waals surface area contributed by atoms with Gasteiger partial charge in [0.05, 0.1) is 12.7 Å². The van der Waals surface area contributed by atoms with E-state index in [0.29, 0.717) is 37.4 Å². The summed E-state index contributed by atoms with van der Waals surface area (Å²) < 4.78 is 7.59. The van der Waals surface area contributed by atoms with Gasteiger partial charge in [0, 0.05) is 42.3 Å². The Morgan fingerprint density at radius 1 is 1.20 bits per heavy atom. The average Bonchev–Trinajstić information content (AvgIpc) is 3.30. The predicted molar refractivity (Wildman–Crippen MR) is 116 cm³/mol. The van der Waals surface area contributed by atoms with Crippen molar-refractivity contribution < 1.29 is 14.3 Å². The summed E-state index contributed by atoms with van der Waals surface area (Å²) in [5.74, 6) is 0.675. The summed E-state index contributed by atoms with van der Waals surface area (Å²) in [4.78, 5) is 26.5. The first-order valence-electron chi connectivity index (χ1n) is 10.0. The SMILES string of the molecule is COc1ccc2c(c1)c(C(=O)N1CCC(NC(N)=O)C1)c(C)n2Cc1ccccc1. The van der Waals surface area contributed by atoms with Crippen molar-refractivity contribution in [3.05, 3.63) is 65.4 Å². The normalized spacial score (nSPS) is 16.1. The van der Waals surface area contributed by atoms with Gasteiger partial charge in [0.1, 0.15) is 5.75 Å². The van der Waals surface area contributed by atoms with E-state index in [2.05, 4.69) is 22.0 Å². The number of urea groups is 1. The van der Waals surface area contributed by atoms with E-state index in [0.717, 1.165) is 16.6 Å². The van der Waals surface area contributed by atoms with Crippen molar-refractivity contribution in [1.82, 2.24) is 14.8 Å². The van der Waals surface area contributed by atoms with Crippen LogP contribution < -0.4 is 15.8 Å². The quantitative estimate of drug-likeness (QED) is 0.683. The van der Waals surface area contributed by atoms with Gasteiger partial charge >= 0.3 is 6.03 Å². The fourth-order valence-corrected chi connectivity index (χ4v) is 4.25. The molecule has 2 heterocycles. The third-order valence-corrected chi connectivity index (χ3v) is 5.75. The summed E-state index contributed by atoms with van der Waals surface area (Å²) in [6.07, 6.45) is 0.694. The molecular formula is C23H26N4O3. The Hall–Kier alpha value is -3.48. The maximum absolute atomic E-state index is 13.5. The van der Waals surface area contributed by atoms with Gasteiger partial charge in [0.25, 0.3) is 5.91 Å². The van der Waals surface area contributed by atoms with Gasteiger partial charge in [-0.15, -0.1) is 0 Å². The largest absolute Gasteiger partial charge is 0.497 e. The van der Waals surface area contributed by atoms with Crippen LogP contribution >= 0.6 is 0 Å². The molecule has 0 saturated carbocycles. The molecule has 1 aliphatic rings. The molecule has 0 bridgehead atoms. The Bertz CT molecular complexity index is 1090. The highest BCUT2D eigenvalue weighted by atomic mass is 16.5. The van der Waals surface area contributed by atoms with Crippen LogP contribution in [0, 0.1) is 6.92 Å². The summed E-state index contributed by atoms with van der Waals surface area (Å²) in [6, 6.07) is 15.4. The minimum atomic E-state index is -0.560. The third kappa shape index (κ3) is 3.70. The summed E-state index contributed by atoms with van der Waals surface area (Å²) in [7, 11) is 1.62. The van der Waals surface area contributed by atoms with Crippen molar-refractivity contribution in [2.24, 2.45) is 5.73 Å². The first-order valence-corrected chi connectivity index (χ1v) is 10.0. The van der Waals surface area contributed by atoms with E-state index < -0.39 is 6.03 Å². The molecule has 7 nitrogen and oxygen atoms in total. The maximum Gasteiger partial charge on any atom is 0.312 e. The van der Waals surface area contributed by atoms with Crippen molar-refractivity contribution in [3.8, 4) is 5.75 Å². The highest BCUT2D eigenvalue weighted by Gasteiger charge is 2.31. The predicted octanol–water partition coefficient (Wildman–Crippen LogP) is 2.89. The topological polar surface area (TPSA) is 89.6 Å². The van der Waals surface area contributed by atoms with Gasteiger partial charge in [-0.2, -0.15) is 0 Å². The molecule has 1 aliphatic heterocycles. The highest BCUT2D eigenvalue weighted by molar-refractivity contribution is 6.09. The van der Waals surface area contributed by atoms with Gasteiger partial charge < -0.3 is 25.3 Å². The van der Waals surface area contributed by atoms with Crippen molar-refractivity contribution in [3.63, 3.8) is 0 Å². The molecule has 0 spiro atoms. The van der Waals surface area contributed by atoms with E-state index in [1.54, 1.807) is 12.0 Å². The number of primary amides is 1. The lowest BCUT2D eigenvalue weighted by Crippen LogP contribution is -2.41. The molecule has 0 radical (unpaired) electrons. The van der Waals surface area contributed by atoms with E-state index in [-0.39, 0.29) is 11.9 Å². The molecule has 4 rings (SSSR count).